The highest BCUT2D eigenvalue weighted by atomic mass is 32.2. The van der Waals surface area contributed by atoms with Gasteiger partial charge in [-0.2, -0.15) is 4.57 Å². The molecule has 0 amide bonds. The van der Waals surface area contributed by atoms with E-state index in [-0.39, 0.29) is 23.0 Å². The molecule has 0 spiro atoms. The van der Waals surface area contributed by atoms with Gasteiger partial charge >= 0.3 is 0 Å². The smallest absolute Gasteiger partial charge is 0.251 e. The van der Waals surface area contributed by atoms with E-state index in [4.69, 9.17) is 4.42 Å². The maximum atomic E-state index is 12.3. The molecule has 0 bridgehead atoms. The molecule has 2 N–H and O–H groups in total. The van der Waals surface area contributed by atoms with Gasteiger partial charge in [0.15, 0.2) is 23.0 Å². The summed E-state index contributed by atoms with van der Waals surface area (Å²) in [6.45, 7) is 1.98. The molecule has 1 aromatic carbocycles. The van der Waals surface area contributed by atoms with E-state index in [1.54, 1.807) is 6.26 Å². The first-order valence-corrected chi connectivity index (χ1v) is 8.00. The fraction of sp³-hybridized carbons (Fsp3) is 0.176. The molecule has 0 atom stereocenters. The van der Waals surface area contributed by atoms with Crippen molar-refractivity contribution in [3.05, 3.63) is 47.9 Å². The number of hydrogen-bond acceptors (Lipinski definition) is 5. The second-order valence-electron chi connectivity index (χ2n) is 5.26. The Kier molecular flexibility index (Phi) is 4.00. The van der Waals surface area contributed by atoms with E-state index in [9.17, 15) is 15.0 Å². The summed E-state index contributed by atoms with van der Waals surface area (Å²) in [4.78, 5) is 12.3. The lowest BCUT2D eigenvalue weighted by atomic mass is 10.1. The number of fused-ring (bicyclic) bond motifs is 1. The fourth-order valence-electron chi connectivity index (χ4n) is 2.33. The van der Waals surface area contributed by atoms with Crippen LogP contribution in [0.2, 0.25) is 0 Å². The third kappa shape index (κ3) is 2.90. The Morgan fingerprint density at radius 3 is 2.74 bits per heavy atom. The normalized spacial score (nSPS) is 11.0. The number of benzene rings is 1. The van der Waals surface area contributed by atoms with E-state index in [2.05, 4.69) is 0 Å². The number of phenolic OH excluding ortho intramolecular Hbond substituents is 2. The highest BCUT2D eigenvalue weighted by molar-refractivity contribution is 8.00. The number of aromatic nitrogens is 1. The Labute approximate surface area is 137 Å². The van der Waals surface area contributed by atoms with Crippen molar-refractivity contribution in [1.29, 1.82) is 0 Å². The second kappa shape index (κ2) is 5.96. The van der Waals surface area contributed by atoms with Gasteiger partial charge in [-0.1, -0.05) is 0 Å². The molecule has 2 heterocycles. The van der Waals surface area contributed by atoms with Crippen LogP contribution in [0.25, 0.3) is 11.0 Å². The molecule has 0 aliphatic rings. The molecule has 0 unspecified atom stereocenters. The highest BCUT2D eigenvalue weighted by Gasteiger charge is 2.20. The predicted molar refractivity (Wildman–Crippen MR) is 87.0 cm³/mol. The van der Waals surface area contributed by atoms with Crippen LogP contribution in [0.1, 0.15) is 16.1 Å². The summed E-state index contributed by atoms with van der Waals surface area (Å²) < 4.78 is 7.46. The van der Waals surface area contributed by atoms with Gasteiger partial charge in [-0.3, -0.25) is 4.79 Å². The van der Waals surface area contributed by atoms with E-state index >= 15 is 0 Å². The van der Waals surface area contributed by atoms with Crippen molar-refractivity contribution in [2.45, 2.75) is 11.9 Å². The van der Waals surface area contributed by atoms with Gasteiger partial charge in [0, 0.05) is 18.6 Å². The molecule has 0 saturated carbocycles. The number of pyridine rings is 1. The Morgan fingerprint density at radius 2 is 2.00 bits per heavy atom. The molecule has 118 valence electrons. The largest absolute Gasteiger partial charge is 0.504 e. The number of phenols is 2. The first kappa shape index (κ1) is 15.4. The van der Waals surface area contributed by atoms with Crippen LogP contribution in [-0.2, 0) is 7.05 Å². The maximum absolute atomic E-state index is 12.3. The van der Waals surface area contributed by atoms with Crippen molar-refractivity contribution < 1.29 is 24.0 Å². The zero-order chi connectivity index (χ0) is 16.6. The van der Waals surface area contributed by atoms with Gasteiger partial charge in [0.1, 0.15) is 12.6 Å². The fourth-order valence-corrected chi connectivity index (χ4v) is 3.42. The molecule has 0 fully saturated rings. The number of carbonyl (C=O) groups is 1. The van der Waals surface area contributed by atoms with Gasteiger partial charge in [0.2, 0.25) is 0 Å². The van der Waals surface area contributed by atoms with Crippen LogP contribution in [0.4, 0.5) is 0 Å². The third-order valence-electron chi connectivity index (χ3n) is 3.74. The van der Waals surface area contributed by atoms with Gasteiger partial charge in [-0.15, -0.1) is 0 Å². The Bertz CT molecular complexity index is 901. The summed E-state index contributed by atoms with van der Waals surface area (Å²) in [6, 6.07) is 7.94. The zero-order valence-electron chi connectivity index (χ0n) is 12.7. The number of aromatic hydroxyl groups is 2. The summed E-state index contributed by atoms with van der Waals surface area (Å²) in [5, 5.41) is 20.7. The second-order valence-corrected chi connectivity index (χ2v) is 6.23. The average molecular weight is 330 g/mol. The maximum Gasteiger partial charge on any atom is 0.251 e. The molecule has 6 heteroatoms. The van der Waals surface area contributed by atoms with Crippen LogP contribution in [0.5, 0.6) is 11.5 Å². The van der Waals surface area contributed by atoms with Crippen molar-refractivity contribution in [2.24, 2.45) is 7.05 Å². The Hall–Kier alpha value is -2.47. The number of hydrogen-bond donors (Lipinski definition) is 2. The van der Waals surface area contributed by atoms with Gasteiger partial charge in [-0.05, 0) is 36.0 Å². The molecule has 2 aromatic heterocycles. The molecule has 0 aliphatic carbocycles. The molecule has 5 nitrogen and oxygen atoms in total. The molecular weight excluding hydrogens is 314 g/mol. The summed E-state index contributed by atoms with van der Waals surface area (Å²) in [5.41, 5.74) is 2.19. The number of nitrogens with zero attached hydrogens (tertiary/aromatic N) is 1. The Balaban J connectivity index is 1.85. The monoisotopic (exact) mass is 330 g/mol. The van der Waals surface area contributed by atoms with E-state index in [1.165, 1.54) is 30.0 Å². The minimum absolute atomic E-state index is 0.122. The molecular formula is C17H16NO4S+. The lowest BCUT2D eigenvalue weighted by Crippen LogP contribution is -2.34. The first-order chi connectivity index (χ1) is 11.0. The van der Waals surface area contributed by atoms with Gasteiger partial charge < -0.3 is 14.6 Å². The number of ketones is 1. The SMILES string of the molecule is Cc1cc2occc2c(SCC(=O)c2ccc(O)c(O)c2)[n+]1C. The van der Waals surface area contributed by atoms with Gasteiger partial charge in [0.05, 0.1) is 17.4 Å². The molecule has 23 heavy (non-hydrogen) atoms. The van der Waals surface area contributed by atoms with Crippen molar-refractivity contribution in [3.63, 3.8) is 0 Å². The lowest BCUT2D eigenvalue weighted by molar-refractivity contribution is -0.712. The van der Waals surface area contributed by atoms with Crippen molar-refractivity contribution >= 4 is 28.5 Å². The van der Waals surface area contributed by atoms with Crippen LogP contribution in [0, 0.1) is 6.92 Å². The minimum atomic E-state index is -0.292. The Morgan fingerprint density at radius 1 is 1.22 bits per heavy atom. The summed E-state index contributed by atoms with van der Waals surface area (Å²) >= 11 is 1.42. The van der Waals surface area contributed by atoms with Gasteiger partial charge in [0.25, 0.3) is 5.03 Å². The summed E-state index contributed by atoms with van der Waals surface area (Å²) in [5.74, 6) is -0.427. The number of aryl methyl sites for hydroxylation is 1. The summed E-state index contributed by atoms with van der Waals surface area (Å²) in [6.07, 6.45) is 1.63. The number of furan rings is 1. The number of rotatable bonds is 4. The van der Waals surface area contributed by atoms with Crippen LogP contribution < -0.4 is 4.57 Å². The van der Waals surface area contributed by atoms with Crippen LogP contribution in [-0.4, -0.2) is 21.7 Å². The topological polar surface area (TPSA) is 74.5 Å². The van der Waals surface area contributed by atoms with Crippen LogP contribution >= 0.6 is 11.8 Å². The van der Waals surface area contributed by atoms with E-state index in [1.807, 2.05) is 30.7 Å². The molecule has 3 aromatic rings. The quantitative estimate of drug-likeness (QED) is 0.333. The number of carbonyl (C=O) groups excluding carboxylic acids is 1. The minimum Gasteiger partial charge on any atom is -0.504 e. The molecule has 0 radical (unpaired) electrons. The predicted octanol–water partition coefficient (Wildman–Crippen LogP) is 2.95. The lowest BCUT2D eigenvalue weighted by Gasteiger charge is -2.05. The van der Waals surface area contributed by atoms with Crippen molar-refractivity contribution in [2.75, 3.05) is 5.75 Å². The molecule has 3 rings (SSSR count). The van der Waals surface area contributed by atoms with Crippen molar-refractivity contribution in [3.8, 4) is 11.5 Å². The van der Waals surface area contributed by atoms with E-state index in [0.29, 0.717) is 5.56 Å². The third-order valence-corrected chi connectivity index (χ3v) is 4.91. The first-order valence-electron chi connectivity index (χ1n) is 7.02. The standard InChI is InChI=1S/C17H15NO4S/c1-10-7-16-12(5-6-22-16)17(18(10)2)23-9-15(21)11-3-4-13(19)14(20)8-11/h3-8H,9H2,1-2H3,(H-,19,20,21)/p+1. The number of Topliss-reactive ketones (excluding diaryl/α,β-unsaturated/α-hetero) is 1. The van der Waals surface area contributed by atoms with Crippen LogP contribution in [0.15, 0.2) is 46.0 Å². The molecule has 0 aliphatic heterocycles. The van der Waals surface area contributed by atoms with Crippen molar-refractivity contribution in [1.82, 2.24) is 0 Å². The van der Waals surface area contributed by atoms with Crippen LogP contribution in [0.3, 0.4) is 0 Å². The highest BCUT2D eigenvalue weighted by Crippen LogP contribution is 2.29. The zero-order valence-corrected chi connectivity index (χ0v) is 13.6. The number of thioether (sulfide) groups is 1. The summed E-state index contributed by atoms with van der Waals surface area (Å²) in [7, 11) is 1.95. The average Bonchev–Trinajstić information content (AvgIpc) is 2.98. The molecule has 0 saturated heterocycles. The van der Waals surface area contributed by atoms with E-state index in [0.717, 1.165) is 21.7 Å². The van der Waals surface area contributed by atoms with E-state index < -0.39 is 0 Å². The van der Waals surface area contributed by atoms with Gasteiger partial charge in [-0.25, -0.2) is 0 Å².